The molecular formula is C14H10FN3O. The number of fused-ring (bicyclic) bond motifs is 1. The van der Waals surface area contributed by atoms with E-state index < -0.39 is 5.82 Å². The summed E-state index contributed by atoms with van der Waals surface area (Å²) in [7, 11) is 0. The second kappa shape index (κ2) is 4.61. The van der Waals surface area contributed by atoms with Crippen LogP contribution in [0, 0.1) is 5.82 Å². The number of rotatable bonds is 3. The zero-order valence-corrected chi connectivity index (χ0v) is 9.95. The zero-order chi connectivity index (χ0) is 13.2. The van der Waals surface area contributed by atoms with Crippen LogP contribution in [0.15, 0.2) is 48.5 Å². The number of nitrogens with zero attached hydrogens (tertiary/aromatic N) is 3. The minimum Gasteiger partial charge on any atom is -0.292 e. The molecule has 0 bridgehead atoms. The van der Waals surface area contributed by atoms with Crippen LogP contribution in [0.5, 0.6) is 0 Å². The monoisotopic (exact) mass is 255 g/mol. The summed E-state index contributed by atoms with van der Waals surface area (Å²) in [6.45, 7) is 0.0456. The van der Waals surface area contributed by atoms with E-state index in [1.165, 1.54) is 22.9 Å². The van der Waals surface area contributed by atoms with Gasteiger partial charge in [-0.3, -0.25) is 4.79 Å². The largest absolute Gasteiger partial charge is 0.292 e. The number of hydrogen-bond donors (Lipinski definition) is 0. The van der Waals surface area contributed by atoms with Crippen LogP contribution in [0.1, 0.15) is 10.4 Å². The number of para-hydroxylation sites is 1. The van der Waals surface area contributed by atoms with E-state index in [1.807, 2.05) is 24.3 Å². The zero-order valence-electron chi connectivity index (χ0n) is 9.95. The molecule has 1 aromatic heterocycles. The number of ketones is 1. The van der Waals surface area contributed by atoms with Crippen molar-refractivity contribution in [3.63, 3.8) is 0 Å². The summed E-state index contributed by atoms with van der Waals surface area (Å²) in [4.78, 5) is 12.1. The Balaban J connectivity index is 1.91. The van der Waals surface area contributed by atoms with E-state index >= 15 is 0 Å². The van der Waals surface area contributed by atoms with Crippen molar-refractivity contribution < 1.29 is 9.18 Å². The van der Waals surface area contributed by atoms with E-state index in [4.69, 9.17) is 0 Å². The van der Waals surface area contributed by atoms with Gasteiger partial charge in [0.15, 0.2) is 5.78 Å². The van der Waals surface area contributed by atoms with E-state index in [2.05, 4.69) is 10.3 Å². The first-order valence-corrected chi connectivity index (χ1v) is 5.81. The van der Waals surface area contributed by atoms with Crippen LogP contribution >= 0.6 is 0 Å². The first-order valence-electron chi connectivity index (χ1n) is 5.81. The summed E-state index contributed by atoms with van der Waals surface area (Å²) in [5.74, 6) is -0.621. The highest BCUT2D eigenvalue weighted by molar-refractivity contribution is 5.96. The molecule has 19 heavy (non-hydrogen) atoms. The maximum Gasteiger partial charge on any atom is 0.184 e. The van der Waals surface area contributed by atoms with Gasteiger partial charge in [-0.25, -0.2) is 9.07 Å². The van der Waals surface area contributed by atoms with Crippen LogP contribution in [-0.4, -0.2) is 20.8 Å². The number of carbonyl (C=O) groups is 1. The van der Waals surface area contributed by atoms with Crippen LogP contribution in [-0.2, 0) is 6.54 Å². The Kier molecular flexibility index (Phi) is 2.79. The van der Waals surface area contributed by atoms with E-state index in [-0.39, 0.29) is 12.3 Å². The molecule has 4 nitrogen and oxygen atoms in total. The van der Waals surface area contributed by atoms with Gasteiger partial charge in [0.2, 0.25) is 0 Å². The number of carbonyl (C=O) groups excluding carboxylic acids is 1. The normalized spacial score (nSPS) is 10.8. The Morgan fingerprint density at radius 2 is 2.00 bits per heavy atom. The molecule has 1 heterocycles. The Morgan fingerprint density at radius 1 is 1.16 bits per heavy atom. The maximum atomic E-state index is 13.1. The standard InChI is InChI=1S/C14H10FN3O/c15-11-5-3-4-10(8-11)14(19)9-18-13-7-2-1-6-12(13)16-17-18/h1-8H,9H2. The Hall–Kier alpha value is -2.56. The number of aromatic nitrogens is 3. The molecule has 5 heteroatoms. The van der Waals surface area contributed by atoms with Crippen LogP contribution in [0.25, 0.3) is 11.0 Å². The molecule has 3 rings (SSSR count). The van der Waals surface area contributed by atoms with Crippen LogP contribution < -0.4 is 0 Å². The molecule has 0 radical (unpaired) electrons. The fraction of sp³-hybridized carbons (Fsp3) is 0.0714. The smallest absolute Gasteiger partial charge is 0.184 e. The Bertz CT molecular complexity index is 751. The van der Waals surface area contributed by atoms with E-state index in [0.717, 1.165) is 11.0 Å². The van der Waals surface area contributed by atoms with Crippen molar-refractivity contribution in [3.05, 3.63) is 59.9 Å². The van der Waals surface area contributed by atoms with E-state index in [0.29, 0.717) is 5.56 Å². The second-order valence-electron chi connectivity index (χ2n) is 4.17. The lowest BCUT2D eigenvalue weighted by Crippen LogP contribution is -2.11. The Labute approximate surface area is 108 Å². The van der Waals surface area contributed by atoms with Gasteiger partial charge < -0.3 is 0 Å². The molecule has 2 aromatic carbocycles. The first-order chi connectivity index (χ1) is 9.24. The number of halogens is 1. The van der Waals surface area contributed by atoms with E-state index in [9.17, 15) is 9.18 Å². The third kappa shape index (κ3) is 2.22. The molecule has 0 aliphatic heterocycles. The molecule has 0 aliphatic rings. The van der Waals surface area contributed by atoms with Crippen molar-refractivity contribution in [2.24, 2.45) is 0 Å². The molecular weight excluding hydrogens is 245 g/mol. The molecule has 0 N–H and O–H groups in total. The average molecular weight is 255 g/mol. The second-order valence-corrected chi connectivity index (χ2v) is 4.17. The van der Waals surface area contributed by atoms with Crippen molar-refractivity contribution in [2.45, 2.75) is 6.54 Å². The summed E-state index contributed by atoms with van der Waals surface area (Å²) in [5.41, 5.74) is 1.85. The van der Waals surface area contributed by atoms with Crippen molar-refractivity contribution in [2.75, 3.05) is 0 Å². The van der Waals surface area contributed by atoms with Gasteiger partial charge in [0.1, 0.15) is 17.9 Å². The van der Waals surface area contributed by atoms with Crippen molar-refractivity contribution in [3.8, 4) is 0 Å². The molecule has 0 saturated heterocycles. The molecule has 0 unspecified atom stereocenters. The summed E-state index contributed by atoms with van der Waals surface area (Å²) < 4.78 is 14.6. The molecule has 0 spiro atoms. The summed E-state index contributed by atoms with van der Waals surface area (Å²) in [6, 6.07) is 13.0. The van der Waals surface area contributed by atoms with Crippen LogP contribution in [0.3, 0.4) is 0 Å². The lowest BCUT2D eigenvalue weighted by Gasteiger charge is -2.02. The predicted molar refractivity (Wildman–Crippen MR) is 68.3 cm³/mol. The summed E-state index contributed by atoms with van der Waals surface area (Å²) >= 11 is 0. The van der Waals surface area contributed by atoms with Crippen molar-refractivity contribution in [1.29, 1.82) is 0 Å². The molecule has 3 aromatic rings. The summed E-state index contributed by atoms with van der Waals surface area (Å²) in [6.07, 6.45) is 0. The molecule has 0 amide bonds. The molecule has 0 saturated carbocycles. The third-order valence-corrected chi connectivity index (χ3v) is 2.86. The van der Waals surface area contributed by atoms with Gasteiger partial charge in [-0.15, -0.1) is 5.10 Å². The lowest BCUT2D eigenvalue weighted by molar-refractivity contribution is 0.0968. The van der Waals surface area contributed by atoms with Gasteiger partial charge in [0.25, 0.3) is 0 Å². The van der Waals surface area contributed by atoms with E-state index in [1.54, 1.807) is 6.07 Å². The average Bonchev–Trinajstić information content (AvgIpc) is 2.82. The number of hydrogen-bond acceptors (Lipinski definition) is 3. The lowest BCUT2D eigenvalue weighted by atomic mass is 10.1. The topological polar surface area (TPSA) is 47.8 Å². The fourth-order valence-corrected chi connectivity index (χ4v) is 1.92. The maximum absolute atomic E-state index is 13.1. The minimum absolute atomic E-state index is 0.0456. The van der Waals surface area contributed by atoms with Crippen molar-refractivity contribution in [1.82, 2.24) is 15.0 Å². The highest BCUT2D eigenvalue weighted by Crippen LogP contribution is 2.11. The quantitative estimate of drug-likeness (QED) is 0.675. The highest BCUT2D eigenvalue weighted by atomic mass is 19.1. The highest BCUT2D eigenvalue weighted by Gasteiger charge is 2.11. The molecule has 0 atom stereocenters. The number of Topliss-reactive ketones (excluding diaryl/α,β-unsaturated/α-hetero) is 1. The third-order valence-electron chi connectivity index (χ3n) is 2.86. The fourth-order valence-electron chi connectivity index (χ4n) is 1.92. The van der Waals surface area contributed by atoms with Gasteiger partial charge in [0.05, 0.1) is 5.52 Å². The predicted octanol–water partition coefficient (Wildman–Crippen LogP) is 2.45. The van der Waals surface area contributed by atoms with Crippen LogP contribution in [0.4, 0.5) is 4.39 Å². The molecule has 94 valence electrons. The van der Waals surface area contributed by atoms with Gasteiger partial charge in [-0.2, -0.15) is 0 Å². The van der Waals surface area contributed by atoms with Gasteiger partial charge >= 0.3 is 0 Å². The van der Waals surface area contributed by atoms with Gasteiger partial charge in [0, 0.05) is 5.56 Å². The Morgan fingerprint density at radius 3 is 2.84 bits per heavy atom. The SMILES string of the molecule is O=C(Cn1nnc2ccccc21)c1cccc(F)c1. The minimum atomic E-state index is -0.422. The van der Waals surface area contributed by atoms with Crippen LogP contribution in [0.2, 0.25) is 0 Å². The van der Waals surface area contributed by atoms with Gasteiger partial charge in [-0.05, 0) is 24.3 Å². The first kappa shape index (κ1) is 11.5. The summed E-state index contributed by atoms with van der Waals surface area (Å²) in [5, 5.41) is 7.90. The van der Waals surface area contributed by atoms with Crippen molar-refractivity contribution >= 4 is 16.8 Å². The molecule has 0 aliphatic carbocycles. The van der Waals surface area contributed by atoms with Gasteiger partial charge in [-0.1, -0.05) is 29.5 Å². The number of benzene rings is 2. The molecule has 0 fully saturated rings.